The molecule has 3 N–H and O–H groups in total. The molecular formula is C12H13ClN2O2S2. The molecule has 2 rings (SSSR count). The SMILES string of the molecule is Cc1cscc1CNS(=O)(=O)c1ccc(Cl)cc1N. The summed E-state index contributed by atoms with van der Waals surface area (Å²) in [6, 6.07) is 4.33. The summed E-state index contributed by atoms with van der Waals surface area (Å²) in [6.45, 7) is 2.19. The minimum absolute atomic E-state index is 0.0461. The second-order valence-corrected chi connectivity index (χ2v) is 7.00. The Kier molecular flexibility index (Phi) is 4.15. The maximum absolute atomic E-state index is 12.1. The first-order valence-corrected chi connectivity index (χ1v) is 8.27. The highest BCUT2D eigenvalue weighted by molar-refractivity contribution is 7.89. The number of rotatable bonds is 4. The average Bonchev–Trinajstić information content (AvgIpc) is 2.72. The summed E-state index contributed by atoms with van der Waals surface area (Å²) in [5, 5.41) is 4.30. The molecule has 0 amide bonds. The van der Waals surface area contributed by atoms with Crippen LogP contribution in [0.3, 0.4) is 0 Å². The van der Waals surface area contributed by atoms with Crippen LogP contribution in [0.25, 0.3) is 0 Å². The number of thiophene rings is 1. The molecule has 0 fully saturated rings. The topological polar surface area (TPSA) is 72.2 Å². The third-order valence-corrected chi connectivity index (χ3v) is 5.30. The van der Waals surface area contributed by atoms with Crippen molar-refractivity contribution in [1.29, 1.82) is 0 Å². The van der Waals surface area contributed by atoms with Crippen molar-refractivity contribution in [2.24, 2.45) is 0 Å². The Morgan fingerprint density at radius 2 is 2.11 bits per heavy atom. The fourth-order valence-electron chi connectivity index (χ4n) is 1.58. The molecule has 7 heteroatoms. The number of hydrogen-bond acceptors (Lipinski definition) is 4. The lowest BCUT2D eigenvalue weighted by Crippen LogP contribution is -2.24. The molecule has 0 unspecified atom stereocenters. The van der Waals surface area contributed by atoms with Crippen LogP contribution >= 0.6 is 22.9 Å². The highest BCUT2D eigenvalue weighted by Crippen LogP contribution is 2.23. The van der Waals surface area contributed by atoms with Gasteiger partial charge in [0.25, 0.3) is 0 Å². The van der Waals surface area contributed by atoms with E-state index in [1.807, 2.05) is 17.7 Å². The molecular weight excluding hydrogens is 304 g/mol. The Morgan fingerprint density at radius 3 is 2.68 bits per heavy atom. The molecule has 0 spiro atoms. The van der Waals surface area contributed by atoms with Gasteiger partial charge in [-0.15, -0.1) is 0 Å². The largest absolute Gasteiger partial charge is 0.398 e. The Hall–Kier alpha value is -1.08. The van der Waals surface area contributed by atoms with Crippen LogP contribution in [-0.2, 0) is 16.6 Å². The molecule has 1 aromatic heterocycles. The van der Waals surface area contributed by atoms with E-state index in [0.717, 1.165) is 11.1 Å². The minimum Gasteiger partial charge on any atom is -0.398 e. The fourth-order valence-corrected chi connectivity index (χ4v) is 3.74. The van der Waals surface area contributed by atoms with Gasteiger partial charge in [0, 0.05) is 11.6 Å². The average molecular weight is 317 g/mol. The summed E-state index contributed by atoms with van der Waals surface area (Å²) in [4.78, 5) is 0.0461. The van der Waals surface area contributed by atoms with Gasteiger partial charge in [-0.2, -0.15) is 11.3 Å². The number of nitrogen functional groups attached to an aromatic ring is 1. The number of nitrogens with two attached hydrogens (primary N) is 1. The molecule has 0 saturated carbocycles. The number of benzene rings is 1. The van der Waals surface area contributed by atoms with Gasteiger partial charge in [-0.25, -0.2) is 13.1 Å². The first-order chi connectivity index (χ1) is 8.90. The van der Waals surface area contributed by atoms with Gasteiger partial charge in [0.05, 0.1) is 5.69 Å². The molecule has 1 heterocycles. The predicted octanol–water partition coefficient (Wildman–Crippen LogP) is 2.77. The first kappa shape index (κ1) is 14.3. The zero-order valence-corrected chi connectivity index (χ0v) is 12.6. The minimum atomic E-state index is -3.63. The van der Waals surface area contributed by atoms with Crippen LogP contribution in [0.5, 0.6) is 0 Å². The summed E-state index contributed by atoms with van der Waals surface area (Å²) in [5.41, 5.74) is 7.85. The maximum Gasteiger partial charge on any atom is 0.242 e. The molecule has 102 valence electrons. The Bertz CT molecular complexity index is 696. The molecule has 0 aliphatic heterocycles. The van der Waals surface area contributed by atoms with Crippen molar-refractivity contribution in [3.8, 4) is 0 Å². The number of anilines is 1. The zero-order chi connectivity index (χ0) is 14.0. The van der Waals surface area contributed by atoms with Crippen LogP contribution in [0.4, 0.5) is 5.69 Å². The first-order valence-electron chi connectivity index (χ1n) is 5.46. The van der Waals surface area contributed by atoms with Crippen molar-refractivity contribution in [2.75, 3.05) is 5.73 Å². The standard InChI is InChI=1S/C12H13ClN2O2S2/c1-8-6-18-7-9(8)5-15-19(16,17)12-3-2-10(13)4-11(12)14/h2-4,6-7,15H,5,14H2,1H3. The van der Waals surface area contributed by atoms with Crippen molar-refractivity contribution in [3.05, 3.63) is 45.1 Å². The highest BCUT2D eigenvalue weighted by atomic mass is 35.5. The van der Waals surface area contributed by atoms with Gasteiger partial charge in [-0.3, -0.25) is 0 Å². The van der Waals surface area contributed by atoms with Gasteiger partial charge in [0.15, 0.2) is 0 Å². The van der Waals surface area contributed by atoms with Crippen LogP contribution in [0.2, 0.25) is 5.02 Å². The van der Waals surface area contributed by atoms with E-state index in [0.29, 0.717) is 5.02 Å². The van der Waals surface area contributed by atoms with E-state index in [4.69, 9.17) is 17.3 Å². The zero-order valence-electron chi connectivity index (χ0n) is 10.2. The van der Waals surface area contributed by atoms with Crippen LogP contribution in [0.15, 0.2) is 33.9 Å². The highest BCUT2D eigenvalue weighted by Gasteiger charge is 2.17. The summed E-state index contributed by atoms with van der Waals surface area (Å²) < 4.78 is 26.8. The van der Waals surface area contributed by atoms with Gasteiger partial charge in [0.2, 0.25) is 10.0 Å². The maximum atomic E-state index is 12.1. The molecule has 0 aliphatic rings. The molecule has 1 aromatic carbocycles. The number of nitrogens with one attached hydrogen (secondary N) is 1. The number of halogens is 1. The number of aryl methyl sites for hydroxylation is 1. The molecule has 0 saturated heterocycles. The second kappa shape index (κ2) is 5.50. The monoisotopic (exact) mass is 316 g/mol. The van der Waals surface area contributed by atoms with Crippen LogP contribution in [0.1, 0.15) is 11.1 Å². The molecule has 4 nitrogen and oxygen atoms in total. The Morgan fingerprint density at radius 1 is 1.37 bits per heavy atom. The van der Waals surface area contributed by atoms with E-state index in [2.05, 4.69) is 4.72 Å². The van der Waals surface area contributed by atoms with Crippen LogP contribution in [0, 0.1) is 6.92 Å². The van der Waals surface area contributed by atoms with E-state index >= 15 is 0 Å². The molecule has 0 atom stereocenters. The lowest BCUT2D eigenvalue weighted by atomic mass is 10.2. The smallest absolute Gasteiger partial charge is 0.242 e. The van der Waals surface area contributed by atoms with E-state index in [9.17, 15) is 8.42 Å². The summed E-state index contributed by atoms with van der Waals surface area (Å²) in [5.74, 6) is 0. The van der Waals surface area contributed by atoms with Crippen molar-refractivity contribution >= 4 is 38.6 Å². The van der Waals surface area contributed by atoms with Crippen molar-refractivity contribution < 1.29 is 8.42 Å². The Labute approximate surface area is 121 Å². The third-order valence-electron chi connectivity index (χ3n) is 2.68. The molecule has 0 aliphatic carbocycles. The quantitative estimate of drug-likeness (QED) is 0.852. The fraction of sp³-hybridized carbons (Fsp3) is 0.167. The van der Waals surface area contributed by atoms with Gasteiger partial charge in [-0.1, -0.05) is 11.6 Å². The van der Waals surface area contributed by atoms with Crippen LogP contribution in [-0.4, -0.2) is 8.42 Å². The summed E-state index contributed by atoms with van der Waals surface area (Å²) >= 11 is 7.29. The van der Waals surface area contributed by atoms with Crippen molar-refractivity contribution in [2.45, 2.75) is 18.4 Å². The van der Waals surface area contributed by atoms with Gasteiger partial charge in [-0.05, 0) is 47.0 Å². The normalized spacial score (nSPS) is 11.7. The molecule has 0 bridgehead atoms. The third kappa shape index (κ3) is 3.27. The lowest BCUT2D eigenvalue weighted by molar-refractivity contribution is 0.581. The predicted molar refractivity (Wildman–Crippen MR) is 78.9 cm³/mol. The molecule has 19 heavy (non-hydrogen) atoms. The number of hydrogen-bond donors (Lipinski definition) is 2. The van der Waals surface area contributed by atoms with Crippen molar-refractivity contribution in [3.63, 3.8) is 0 Å². The van der Waals surface area contributed by atoms with Gasteiger partial charge < -0.3 is 5.73 Å². The summed E-state index contributed by atoms with van der Waals surface area (Å²) in [6.07, 6.45) is 0. The molecule has 0 radical (unpaired) electrons. The second-order valence-electron chi connectivity index (χ2n) is 4.09. The van der Waals surface area contributed by atoms with E-state index in [1.165, 1.54) is 18.2 Å². The van der Waals surface area contributed by atoms with E-state index in [-0.39, 0.29) is 17.1 Å². The van der Waals surface area contributed by atoms with Gasteiger partial charge >= 0.3 is 0 Å². The van der Waals surface area contributed by atoms with Crippen molar-refractivity contribution in [1.82, 2.24) is 4.72 Å². The molecule has 2 aromatic rings. The van der Waals surface area contributed by atoms with E-state index < -0.39 is 10.0 Å². The lowest BCUT2D eigenvalue weighted by Gasteiger charge is -2.09. The van der Waals surface area contributed by atoms with Crippen LogP contribution < -0.4 is 10.5 Å². The summed E-state index contributed by atoms with van der Waals surface area (Å²) in [7, 11) is -3.63. The van der Waals surface area contributed by atoms with Gasteiger partial charge in [0.1, 0.15) is 4.90 Å². The van der Waals surface area contributed by atoms with E-state index in [1.54, 1.807) is 11.3 Å². The number of sulfonamides is 1. The Balaban J connectivity index is 2.21.